The molecule has 0 saturated carbocycles. The average Bonchev–Trinajstić information content (AvgIpc) is 3.12. The maximum atomic E-state index is 12.3. The van der Waals surface area contributed by atoms with Gasteiger partial charge >= 0.3 is 0 Å². The van der Waals surface area contributed by atoms with E-state index in [0.717, 1.165) is 16.5 Å². The van der Waals surface area contributed by atoms with E-state index in [1.807, 2.05) is 26.0 Å². The van der Waals surface area contributed by atoms with Crippen LogP contribution in [0.1, 0.15) is 40.1 Å². The SMILES string of the molecule is Cc1ccc(C(C)(O)CNC(=O)c2cc3cc(C)c(C)cc3o2)o1. The van der Waals surface area contributed by atoms with E-state index >= 15 is 0 Å². The molecule has 5 heteroatoms. The highest BCUT2D eigenvalue weighted by atomic mass is 16.4. The minimum absolute atomic E-state index is 0.0217. The second kappa shape index (κ2) is 5.83. The van der Waals surface area contributed by atoms with Gasteiger partial charge in [-0.25, -0.2) is 0 Å². The van der Waals surface area contributed by atoms with Crippen molar-refractivity contribution in [1.29, 1.82) is 0 Å². The lowest BCUT2D eigenvalue weighted by Crippen LogP contribution is -2.38. The smallest absolute Gasteiger partial charge is 0.287 e. The minimum atomic E-state index is -1.29. The van der Waals surface area contributed by atoms with Crippen molar-refractivity contribution >= 4 is 16.9 Å². The van der Waals surface area contributed by atoms with Crippen molar-refractivity contribution in [2.24, 2.45) is 0 Å². The van der Waals surface area contributed by atoms with Crippen molar-refractivity contribution in [3.8, 4) is 0 Å². The van der Waals surface area contributed by atoms with Gasteiger partial charge in [-0.3, -0.25) is 4.79 Å². The quantitative estimate of drug-likeness (QED) is 0.768. The number of hydrogen-bond acceptors (Lipinski definition) is 4. The van der Waals surface area contributed by atoms with Crippen LogP contribution in [-0.4, -0.2) is 17.6 Å². The fourth-order valence-electron chi connectivity index (χ4n) is 2.56. The molecule has 126 valence electrons. The van der Waals surface area contributed by atoms with Crippen LogP contribution in [0, 0.1) is 20.8 Å². The first-order chi connectivity index (χ1) is 11.3. The Bertz CT molecular complexity index is 862. The molecule has 2 heterocycles. The summed E-state index contributed by atoms with van der Waals surface area (Å²) < 4.78 is 11.1. The van der Waals surface area contributed by atoms with Crippen LogP contribution in [0.5, 0.6) is 0 Å². The van der Waals surface area contributed by atoms with Gasteiger partial charge < -0.3 is 19.3 Å². The minimum Gasteiger partial charge on any atom is -0.463 e. The third kappa shape index (κ3) is 3.08. The Morgan fingerprint density at radius 3 is 2.50 bits per heavy atom. The molecule has 5 nitrogen and oxygen atoms in total. The summed E-state index contributed by atoms with van der Waals surface area (Å²) in [6, 6.07) is 9.10. The number of rotatable bonds is 4. The number of amides is 1. The molecule has 1 atom stereocenters. The third-order valence-corrected chi connectivity index (χ3v) is 4.22. The first kappa shape index (κ1) is 16.3. The largest absolute Gasteiger partial charge is 0.463 e. The van der Waals surface area contributed by atoms with Gasteiger partial charge in [-0.05, 0) is 69.2 Å². The number of aliphatic hydroxyl groups is 1. The van der Waals surface area contributed by atoms with E-state index in [1.165, 1.54) is 0 Å². The zero-order chi connectivity index (χ0) is 17.5. The van der Waals surface area contributed by atoms with E-state index in [4.69, 9.17) is 8.83 Å². The van der Waals surface area contributed by atoms with Gasteiger partial charge in [0, 0.05) is 5.39 Å². The van der Waals surface area contributed by atoms with Crippen LogP contribution in [0.15, 0.2) is 39.2 Å². The molecule has 3 rings (SSSR count). The predicted molar refractivity (Wildman–Crippen MR) is 91.0 cm³/mol. The molecular weight excluding hydrogens is 306 g/mol. The van der Waals surface area contributed by atoms with Gasteiger partial charge in [-0.1, -0.05) is 0 Å². The molecule has 0 radical (unpaired) electrons. The fraction of sp³-hybridized carbons (Fsp3) is 0.316. The highest BCUT2D eigenvalue weighted by Crippen LogP contribution is 2.24. The van der Waals surface area contributed by atoms with E-state index in [-0.39, 0.29) is 18.2 Å². The van der Waals surface area contributed by atoms with E-state index in [0.29, 0.717) is 17.1 Å². The van der Waals surface area contributed by atoms with Gasteiger partial charge in [0.2, 0.25) is 0 Å². The van der Waals surface area contributed by atoms with Crippen LogP contribution in [0.25, 0.3) is 11.0 Å². The normalized spacial score (nSPS) is 13.9. The Morgan fingerprint density at radius 1 is 1.12 bits per heavy atom. The molecule has 24 heavy (non-hydrogen) atoms. The summed E-state index contributed by atoms with van der Waals surface area (Å²) in [5.74, 6) is 0.974. The number of fused-ring (bicyclic) bond motifs is 1. The second-order valence-electron chi connectivity index (χ2n) is 6.45. The molecule has 0 aliphatic carbocycles. The molecule has 1 aromatic carbocycles. The van der Waals surface area contributed by atoms with Crippen molar-refractivity contribution in [1.82, 2.24) is 5.32 Å². The van der Waals surface area contributed by atoms with Crippen molar-refractivity contribution in [2.45, 2.75) is 33.3 Å². The first-order valence-corrected chi connectivity index (χ1v) is 7.84. The van der Waals surface area contributed by atoms with Gasteiger partial charge in [0.25, 0.3) is 5.91 Å². The van der Waals surface area contributed by atoms with Crippen molar-refractivity contribution in [3.05, 3.63) is 58.7 Å². The fourth-order valence-corrected chi connectivity index (χ4v) is 2.56. The van der Waals surface area contributed by atoms with E-state index < -0.39 is 5.60 Å². The topological polar surface area (TPSA) is 75.6 Å². The summed E-state index contributed by atoms with van der Waals surface area (Å²) in [4.78, 5) is 12.3. The van der Waals surface area contributed by atoms with Gasteiger partial charge in [-0.2, -0.15) is 0 Å². The summed E-state index contributed by atoms with van der Waals surface area (Å²) >= 11 is 0. The Kier molecular flexibility index (Phi) is 3.97. The van der Waals surface area contributed by atoms with Crippen LogP contribution in [0.2, 0.25) is 0 Å². The maximum Gasteiger partial charge on any atom is 0.287 e. The summed E-state index contributed by atoms with van der Waals surface area (Å²) in [6.45, 7) is 7.44. The monoisotopic (exact) mass is 327 g/mol. The molecule has 0 aliphatic rings. The molecule has 2 aromatic heterocycles. The van der Waals surface area contributed by atoms with Crippen LogP contribution in [0.4, 0.5) is 0 Å². The lowest BCUT2D eigenvalue weighted by molar-refractivity contribution is 0.0319. The Hall–Kier alpha value is -2.53. The number of benzene rings is 1. The zero-order valence-corrected chi connectivity index (χ0v) is 14.3. The van der Waals surface area contributed by atoms with Crippen LogP contribution < -0.4 is 5.32 Å². The summed E-state index contributed by atoms with van der Waals surface area (Å²) in [5, 5.41) is 14.0. The van der Waals surface area contributed by atoms with Crippen LogP contribution >= 0.6 is 0 Å². The molecule has 0 fully saturated rings. The predicted octanol–water partition coefficient (Wildman–Crippen LogP) is 3.59. The Balaban J connectivity index is 1.75. The summed E-state index contributed by atoms with van der Waals surface area (Å²) in [7, 11) is 0. The molecular formula is C19H21NO4. The van der Waals surface area contributed by atoms with Gasteiger partial charge in [0.1, 0.15) is 22.7 Å². The van der Waals surface area contributed by atoms with Crippen molar-refractivity contribution in [3.63, 3.8) is 0 Å². The van der Waals surface area contributed by atoms with E-state index in [1.54, 1.807) is 32.0 Å². The Morgan fingerprint density at radius 2 is 1.83 bits per heavy atom. The Labute approximate surface area is 140 Å². The number of hydrogen-bond donors (Lipinski definition) is 2. The van der Waals surface area contributed by atoms with Gasteiger partial charge in [0.05, 0.1) is 6.54 Å². The summed E-state index contributed by atoms with van der Waals surface area (Å²) in [5.41, 5.74) is 1.64. The number of carbonyl (C=O) groups excluding carboxylic acids is 1. The highest BCUT2D eigenvalue weighted by molar-refractivity contribution is 5.96. The van der Waals surface area contributed by atoms with E-state index in [9.17, 15) is 9.90 Å². The number of nitrogens with one attached hydrogen (secondary N) is 1. The summed E-state index contributed by atoms with van der Waals surface area (Å²) in [6.07, 6.45) is 0. The third-order valence-electron chi connectivity index (χ3n) is 4.22. The number of furan rings is 2. The maximum absolute atomic E-state index is 12.3. The highest BCUT2D eigenvalue weighted by Gasteiger charge is 2.28. The number of aryl methyl sites for hydroxylation is 3. The molecule has 0 saturated heterocycles. The molecule has 3 aromatic rings. The lowest BCUT2D eigenvalue weighted by atomic mass is 10.0. The molecule has 0 aliphatic heterocycles. The van der Waals surface area contributed by atoms with Gasteiger partial charge in [-0.15, -0.1) is 0 Å². The molecule has 1 unspecified atom stereocenters. The standard InChI is InChI=1S/C19H21NO4/c1-11-7-14-9-16(24-15(14)8-12(11)2)18(21)20-10-19(4,22)17-6-5-13(3)23-17/h5-9,22H,10H2,1-4H3,(H,20,21). The van der Waals surface area contributed by atoms with Crippen LogP contribution in [-0.2, 0) is 5.60 Å². The molecule has 0 spiro atoms. The molecule has 0 bridgehead atoms. The number of carbonyl (C=O) groups is 1. The second-order valence-corrected chi connectivity index (χ2v) is 6.45. The lowest BCUT2D eigenvalue weighted by Gasteiger charge is -2.20. The first-order valence-electron chi connectivity index (χ1n) is 7.84. The molecule has 2 N–H and O–H groups in total. The average molecular weight is 327 g/mol. The van der Waals surface area contributed by atoms with Crippen LogP contribution in [0.3, 0.4) is 0 Å². The zero-order valence-electron chi connectivity index (χ0n) is 14.3. The van der Waals surface area contributed by atoms with Gasteiger partial charge in [0.15, 0.2) is 5.76 Å². The van der Waals surface area contributed by atoms with Crippen molar-refractivity contribution in [2.75, 3.05) is 6.54 Å². The molecule has 1 amide bonds. The van der Waals surface area contributed by atoms with E-state index in [2.05, 4.69) is 5.32 Å². The van der Waals surface area contributed by atoms with Crippen molar-refractivity contribution < 1.29 is 18.7 Å².